The summed E-state index contributed by atoms with van der Waals surface area (Å²) in [5, 5.41) is 0. The number of rotatable bonds is 20. The number of carbonyl (C=O) groups is 1. The molecule has 1 fully saturated rings. The zero-order valence-electron chi connectivity index (χ0n) is 27.4. The number of hydrogen-bond donors (Lipinski definition) is 0. The van der Waals surface area contributed by atoms with Gasteiger partial charge in [0.2, 0.25) is 0 Å². The lowest BCUT2D eigenvalue weighted by Crippen LogP contribution is -2.25. The highest BCUT2D eigenvalue weighted by molar-refractivity contribution is 5.75. The molecule has 0 radical (unpaired) electrons. The second-order valence-electron chi connectivity index (χ2n) is 13.2. The highest BCUT2D eigenvalue weighted by Crippen LogP contribution is 2.33. The standard InChI is InChI=1S/C39H60O3/c1-5-7-8-14-17-32(4)41-37-27-23-34(24-28-37)35-25-29-38(30-26-35)42-39(40)36-21-19-33(20-22-36)18-15-12-10-9-11-13-16-31(3)6-2/h23-33,36H,5-22H2,1-4H3/t31-,32+,33-,36-/m0/s1. The average Bonchev–Trinajstić information content (AvgIpc) is 3.01. The Labute approximate surface area is 258 Å². The van der Waals surface area contributed by atoms with E-state index in [9.17, 15) is 4.79 Å². The molecule has 0 aliphatic heterocycles. The van der Waals surface area contributed by atoms with Crippen molar-refractivity contribution < 1.29 is 14.3 Å². The summed E-state index contributed by atoms with van der Waals surface area (Å²) in [5.74, 6) is 3.25. The van der Waals surface area contributed by atoms with Crippen LogP contribution >= 0.6 is 0 Å². The molecular weight excluding hydrogens is 516 g/mol. The molecule has 2 aromatic carbocycles. The minimum atomic E-state index is -0.0519. The summed E-state index contributed by atoms with van der Waals surface area (Å²) in [7, 11) is 0. The molecule has 0 amide bonds. The van der Waals surface area contributed by atoms with Gasteiger partial charge in [-0.1, -0.05) is 122 Å². The highest BCUT2D eigenvalue weighted by Gasteiger charge is 2.27. The highest BCUT2D eigenvalue weighted by atomic mass is 16.5. The van der Waals surface area contributed by atoms with Gasteiger partial charge < -0.3 is 9.47 Å². The fourth-order valence-corrected chi connectivity index (χ4v) is 6.31. The Morgan fingerprint density at radius 3 is 1.86 bits per heavy atom. The van der Waals surface area contributed by atoms with Gasteiger partial charge >= 0.3 is 5.97 Å². The van der Waals surface area contributed by atoms with Crippen LogP contribution in [0.15, 0.2) is 48.5 Å². The molecule has 1 saturated carbocycles. The van der Waals surface area contributed by atoms with E-state index in [0.29, 0.717) is 5.75 Å². The first-order valence-electron chi connectivity index (χ1n) is 17.6. The molecule has 42 heavy (non-hydrogen) atoms. The topological polar surface area (TPSA) is 35.5 Å². The van der Waals surface area contributed by atoms with Crippen molar-refractivity contribution in [1.82, 2.24) is 0 Å². The number of ether oxygens (including phenoxy) is 2. The first kappa shape index (κ1) is 34.2. The van der Waals surface area contributed by atoms with E-state index >= 15 is 0 Å². The summed E-state index contributed by atoms with van der Waals surface area (Å²) in [6.07, 6.45) is 23.1. The lowest BCUT2D eigenvalue weighted by Gasteiger charge is -2.27. The summed E-state index contributed by atoms with van der Waals surface area (Å²) >= 11 is 0. The van der Waals surface area contributed by atoms with Gasteiger partial charge in [0, 0.05) is 0 Å². The number of hydrogen-bond acceptors (Lipinski definition) is 3. The molecule has 3 heteroatoms. The Morgan fingerprint density at radius 1 is 0.690 bits per heavy atom. The average molecular weight is 577 g/mol. The molecule has 2 aromatic rings. The molecule has 0 bridgehead atoms. The van der Waals surface area contributed by atoms with Crippen LogP contribution in [0.5, 0.6) is 11.5 Å². The van der Waals surface area contributed by atoms with Crippen LogP contribution < -0.4 is 9.47 Å². The van der Waals surface area contributed by atoms with Crippen molar-refractivity contribution in [1.29, 1.82) is 0 Å². The lowest BCUT2D eigenvalue weighted by atomic mass is 9.79. The van der Waals surface area contributed by atoms with Crippen molar-refractivity contribution in [3.63, 3.8) is 0 Å². The predicted octanol–water partition coefficient (Wildman–Crippen LogP) is 12.0. The van der Waals surface area contributed by atoms with Gasteiger partial charge in [0.15, 0.2) is 0 Å². The zero-order valence-corrected chi connectivity index (χ0v) is 27.4. The minimum Gasteiger partial charge on any atom is -0.491 e. The number of esters is 1. The predicted molar refractivity (Wildman–Crippen MR) is 178 cm³/mol. The molecule has 0 spiro atoms. The van der Waals surface area contributed by atoms with Gasteiger partial charge in [0.05, 0.1) is 12.0 Å². The van der Waals surface area contributed by atoms with E-state index in [1.165, 1.54) is 96.3 Å². The van der Waals surface area contributed by atoms with Gasteiger partial charge in [-0.2, -0.15) is 0 Å². The molecule has 1 aliphatic rings. The van der Waals surface area contributed by atoms with Crippen LogP contribution in [0, 0.1) is 17.8 Å². The Bertz CT molecular complexity index is 972. The van der Waals surface area contributed by atoms with Crippen molar-refractivity contribution in [2.24, 2.45) is 17.8 Å². The number of carbonyl (C=O) groups excluding carboxylic acids is 1. The third-order valence-electron chi connectivity index (χ3n) is 9.50. The molecule has 0 N–H and O–H groups in total. The molecule has 1 aliphatic carbocycles. The first-order valence-corrected chi connectivity index (χ1v) is 17.6. The third-order valence-corrected chi connectivity index (χ3v) is 9.50. The van der Waals surface area contributed by atoms with E-state index < -0.39 is 0 Å². The number of benzene rings is 2. The summed E-state index contributed by atoms with van der Waals surface area (Å²) < 4.78 is 11.9. The Morgan fingerprint density at radius 2 is 1.24 bits per heavy atom. The maximum absolute atomic E-state index is 12.9. The van der Waals surface area contributed by atoms with E-state index in [1.807, 2.05) is 24.3 Å². The summed E-state index contributed by atoms with van der Waals surface area (Å²) in [6.45, 7) is 9.07. The first-order chi connectivity index (χ1) is 20.5. The molecule has 0 aromatic heterocycles. The summed E-state index contributed by atoms with van der Waals surface area (Å²) in [6, 6.07) is 16.2. The zero-order chi connectivity index (χ0) is 30.0. The van der Waals surface area contributed by atoms with Crippen LogP contribution in [-0.4, -0.2) is 12.1 Å². The fraction of sp³-hybridized carbons (Fsp3) is 0.667. The second kappa shape index (κ2) is 19.8. The largest absolute Gasteiger partial charge is 0.491 e. The Kier molecular flexibility index (Phi) is 16.1. The van der Waals surface area contributed by atoms with Crippen molar-refractivity contribution in [2.75, 3.05) is 0 Å². The summed E-state index contributed by atoms with van der Waals surface area (Å²) in [4.78, 5) is 12.9. The summed E-state index contributed by atoms with van der Waals surface area (Å²) in [5.41, 5.74) is 2.25. The smallest absolute Gasteiger partial charge is 0.314 e. The van der Waals surface area contributed by atoms with Crippen molar-refractivity contribution in [2.45, 2.75) is 149 Å². The maximum Gasteiger partial charge on any atom is 0.314 e. The van der Waals surface area contributed by atoms with Crippen molar-refractivity contribution in [3.8, 4) is 22.6 Å². The van der Waals surface area contributed by atoms with Crippen LogP contribution in [0.4, 0.5) is 0 Å². The van der Waals surface area contributed by atoms with Crippen LogP contribution in [0.3, 0.4) is 0 Å². The Hall–Kier alpha value is -2.29. The number of unbranched alkanes of at least 4 members (excludes halogenated alkanes) is 8. The van der Waals surface area contributed by atoms with E-state index in [4.69, 9.17) is 9.47 Å². The van der Waals surface area contributed by atoms with Crippen LogP contribution in [0.1, 0.15) is 143 Å². The van der Waals surface area contributed by atoms with Crippen molar-refractivity contribution in [3.05, 3.63) is 48.5 Å². The van der Waals surface area contributed by atoms with Crippen LogP contribution in [-0.2, 0) is 4.79 Å². The normalized spacial score (nSPS) is 18.4. The van der Waals surface area contributed by atoms with E-state index in [-0.39, 0.29) is 18.0 Å². The molecule has 0 saturated heterocycles. The fourth-order valence-electron chi connectivity index (χ4n) is 6.31. The molecular formula is C39H60O3. The van der Waals surface area contributed by atoms with Gasteiger partial charge in [-0.3, -0.25) is 4.79 Å². The van der Waals surface area contributed by atoms with Crippen LogP contribution in [0.25, 0.3) is 11.1 Å². The molecule has 2 atom stereocenters. The maximum atomic E-state index is 12.9. The van der Waals surface area contributed by atoms with Crippen molar-refractivity contribution >= 4 is 5.97 Å². The van der Waals surface area contributed by atoms with E-state index in [0.717, 1.165) is 48.0 Å². The Balaban J connectivity index is 1.31. The van der Waals surface area contributed by atoms with Gasteiger partial charge in [0.25, 0.3) is 0 Å². The van der Waals surface area contributed by atoms with Gasteiger partial charge in [-0.25, -0.2) is 0 Å². The molecule has 3 rings (SSSR count). The SMILES string of the molecule is CCCCCC[C@@H](C)Oc1ccc(-c2ccc(OC(=O)[C@H]3CC[C@H](CCCCCCCC[C@@H](C)CC)CC3)cc2)cc1. The van der Waals surface area contributed by atoms with Gasteiger partial charge in [-0.15, -0.1) is 0 Å². The third kappa shape index (κ3) is 12.9. The minimum absolute atomic E-state index is 0.0491. The van der Waals surface area contributed by atoms with E-state index in [2.05, 4.69) is 52.0 Å². The second-order valence-corrected chi connectivity index (χ2v) is 13.2. The molecule has 3 nitrogen and oxygen atoms in total. The molecule has 0 heterocycles. The van der Waals surface area contributed by atoms with E-state index in [1.54, 1.807) is 0 Å². The van der Waals surface area contributed by atoms with Gasteiger partial charge in [0.1, 0.15) is 11.5 Å². The quantitative estimate of drug-likeness (QED) is 0.0893. The molecule has 234 valence electrons. The van der Waals surface area contributed by atoms with Gasteiger partial charge in [-0.05, 0) is 92.7 Å². The van der Waals surface area contributed by atoms with Crippen LogP contribution in [0.2, 0.25) is 0 Å². The molecule has 0 unspecified atom stereocenters. The lowest BCUT2D eigenvalue weighted by molar-refractivity contribution is -0.140. The monoisotopic (exact) mass is 576 g/mol.